The van der Waals surface area contributed by atoms with Gasteiger partial charge in [-0.2, -0.15) is 0 Å². The Balaban J connectivity index is 1.09. The maximum atomic E-state index is 9.54. The van der Waals surface area contributed by atoms with Crippen molar-refractivity contribution in [3.63, 3.8) is 0 Å². The minimum Gasteiger partial charge on any atom is -0.311 e. The summed E-state index contributed by atoms with van der Waals surface area (Å²) in [6.07, 6.45) is 0. The number of nitrogens with zero attached hydrogens (tertiary/aromatic N) is 1. The van der Waals surface area contributed by atoms with Crippen molar-refractivity contribution in [2.24, 2.45) is 0 Å². The Morgan fingerprint density at radius 1 is 0.237 bits per heavy atom. The lowest BCUT2D eigenvalue weighted by atomic mass is 9.97. The van der Waals surface area contributed by atoms with Crippen LogP contribution in [0.2, 0.25) is 0 Å². The quantitative estimate of drug-likeness (QED) is 0.141. The number of anilines is 3. The lowest BCUT2D eigenvalue weighted by Crippen LogP contribution is -2.09. The highest BCUT2D eigenvalue weighted by molar-refractivity contribution is 5.88. The first-order valence-corrected chi connectivity index (χ1v) is 19.2. The molecule has 0 aromatic heterocycles. The van der Waals surface area contributed by atoms with Gasteiger partial charge in [0.05, 0.1) is 17.8 Å². The monoisotopic (exact) mass is 764 g/mol. The maximum Gasteiger partial charge on any atom is 0.0645 e. The summed E-state index contributed by atoms with van der Waals surface area (Å²) < 4.78 is 115. The van der Waals surface area contributed by atoms with E-state index in [0.717, 1.165) is 55.3 Å². The van der Waals surface area contributed by atoms with Crippen LogP contribution in [-0.2, 0) is 0 Å². The lowest BCUT2D eigenvalue weighted by Gasteiger charge is -2.26. The summed E-state index contributed by atoms with van der Waals surface area (Å²) in [6.45, 7) is 0. The number of rotatable bonds is 9. The molecule has 0 aliphatic heterocycles. The summed E-state index contributed by atoms with van der Waals surface area (Å²) >= 11 is 0. The minimum atomic E-state index is -0.773. The van der Waals surface area contributed by atoms with Crippen LogP contribution in [0.1, 0.15) is 17.8 Å². The zero-order valence-corrected chi connectivity index (χ0v) is 31.6. The minimum absolute atomic E-state index is 0.134. The third-order valence-corrected chi connectivity index (χ3v) is 10.3. The van der Waals surface area contributed by atoms with Crippen LogP contribution in [0.3, 0.4) is 0 Å². The second-order valence-electron chi connectivity index (χ2n) is 14.0. The Bertz CT molecular complexity index is 3680. The van der Waals surface area contributed by atoms with Crippen molar-refractivity contribution in [2.45, 2.75) is 0 Å². The van der Waals surface area contributed by atoms with Crippen molar-refractivity contribution in [3.8, 4) is 66.8 Å². The normalized spacial score (nSPS) is 14.1. The van der Waals surface area contributed by atoms with Gasteiger partial charge >= 0.3 is 0 Å². The van der Waals surface area contributed by atoms with Crippen molar-refractivity contribution in [1.29, 1.82) is 0 Å². The van der Waals surface area contributed by atoms with Crippen molar-refractivity contribution < 1.29 is 17.8 Å². The molecule has 0 fully saturated rings. The first kappa shape index (κ1) is 24.1. The van der Waals surface area contributed by atoms with Crippen LogP contribution in [0.4, 0.5) is 17.1 Å². The summed E-state index contributed by atoms with van der Waals surface area (Å²) in [7, 11) is 0. The van der Waals surface area contributed by atoms with Crippen molar-refractivity contribution in [1.82, 2.24) is 0 Å². The maximum absolute atomic E-state index is 9.54. The van der Waals surface area contributed by atoms with E-state index < -0.39 is 101 Å². The molecule has 0 N–H and O–H groups in total. The zero-order chi connectivity index (χ0) is 50.7. The largest absolute Gasteiger partial charge is 0.311 e. The van der Waals surface area contributed by atoms with Crippen LogP contribution in [0.15, 0.2) is 248 Å². The molecule has 0 unspecified atom stereocenters. The molecule has 0 atom stereocenters. The van der Waals surface area contributed by atoms with Gasteiger partial charge in [-0.25, -0.2) is 0 Å². The van der Waals surface area contributed by atoms with Crippen LogP contribution in [0.25, 0.3) is 77.5 Å². The smallest absolute Gasteiger partial charge is 0.0645 e. The Morgan fingerprint density at radius 3 is 1.20 bits per heavy atom. The SMILES string of the molecule is [2H]c1c([2H])c([2H])c(-c2c([2H])c([2H])c(-c3c([2H])c([2H])c(N(c4ccc(-c5ccc(-c6ccccc6)cc5)cc4)c4ccc(-c5cccc(-c6ccc7ccccc7c6)c5)cc4)c([2H])c3[2H])c([2H])c2[2H])c([2H])c1[2H]. The molecular formula is C58H41N. The third-order valence-electron chi connectivity index (χ3n) is 10.3. The molecule has 0 radical (unpaired) electrons. The van der Waals surface area contributed by atoms with Gasteiger partial charge in [0.25, 0.3) is 0 Å². The number of hydrogen-bond acceptors (Lipinski definition) is 1. The topological polar surface area (TPSA) is 3.24 Å². The van der Waals surface area contributed by atoms with Gasteiger partial charge in [0, 0.05) is 17.1 Å². The molecule has 0 bridgehead atoms. The molecule has 0 saturated carbocycles. The summed E-state index contributed by atoms with van der Waals surface area (Å²) in [5, 5.41) is 2.28. The van der Waals surface area contributed by atoms with Crippen molar-refractivity contribution in [2.75, 3.05) is 4.90 Å². The first-order valence-electron chi connectivity index (χ1n) is 25.7. The molecule has 1 heteroatoms. The Kier molecular flexibility index (Phi) is 6.55. The summed E-state index contributed by atoms with van der Waals surface area (Å²) in [4.78, 5) is 1.62. The predicted molar refractivity (Wildman–Crippen MR) is 251 cm³/mol. The van der Waals surface area contributed by atoms with Crippen LogP contribution < -0.4 is 4.90 Å². The van der Waals surface area contributed by atoms with E-state index in [4.69, 9.17) is 12.3 Å². The van der Waals surface area contributed by atoms with Crippen LogP contribution in [-0.4, -0.2) is 0 Å². The van der Waals surface area contributed by atoms with Gasteiger partial charge in [0.1, 0.15) is 0 Å². The summed E-state index contributed by atoms with van der Waals surface area (Å²) in [5.74, 6) is 0. The Hall–Kier alpha value is -7.74. The molecule has 10 rings (SSSR count). The fourth-order valence-electron chi connectivity index (χ4n) is 7.23. The zero-order valence-electron chi connectivity index (χ0n) is 44.6. The molecule has 10 aromatic carbocycles. The highest BCUT2D eigenvalue weighted by Crippen LogP contribution is 2.39. The van der Waals surface area contributed by atoms with Crippen LogP contribution in [0.5, 0.6) is 0 Å². The van der Waals surface area contributed by atoms with Crippen molar-refractivity contribution in [3.05, 3.63) is 248 Å². The lowest BCUT2D eigenvalue weighted by molar-refractivity contribution is 1.28. The van der Waals surface area contributed by atoms with E-state index in [-0.39, 0.29) is 5.69 Å². The van der Waals surface area contributed by atoms with E-state index in [9.17, 15) is 5.48 Å². The molecule has 1 nitrogen and oxygen atoms in total. The Morgan fingerprint density at radius 2 is 0.627 bits per heavy atom. The molecule has 0 aliphatic carbocycles. The van der Waals surface area contributed by atoms with Gasteiger partial charge in [-0.3, -0.25) is 0 Å². The fraction of sp³-hybridized carbons (Fsp3) is 0. The molecular weight excluding hydrogens is 711 g/mol. The van der Waals surface area contributed by atoms with Gasteiger partial charge in [0.15, 0.2) is 0 Å². The predicted octanol–water partition coefficient (Wildman–Crippen LogP) is 16.3. The van der Waals surface area contributed by atoms with Gasteiger partial charge in [-0.1, -0.05) is 200 Å². The van der Waals surface area contributed by atoms with Crippen molar-refractivity contribution >= 4 is 27.8 Å². The van der Waals surface area contributed by atoms with E-state index in [2.05, 4.69) is 54.6 Å². The highest BCUT2D eigenvalue weighted by Gasteiger charge is 2.14. The van der Waals surface area contributed by atoms with E-state index in [0.29, 0.717) is 11.4 Å². The average molecular weight is 765 g/mol. The molecule has 59 heavy (non-hydrogen) atoms. The fourth-order valence-corrected chi connectivity index (χ4v) is 7.23. The van der Waals surface area contributed by atoms with E-state index in [1.807, 2.05) is 115 Å². The van der Waals surface area contributed by atoms with Crippen LogP contribution in [0, 0.1) is 0 Å². The molecule has 0 heterocycles. The standard InChI is InChI=1S/C58H41N/c1-3-10-42(11-4-1)45-18-22-47(23-19-45)49-28-34-56(35-29-49)59(57-36-30-50(31-37-57)48-24-20-46(21-25-48)43-12-5-2-6-13-43)58-38-32-51(33-39-58)53-16-9-17-54(40-53)55-27-26-44-14-7-8-15-52(44)41-55/h1-41H/i1D,3D,4D,10D,11D,18D,19D,22D,23D,28D,29D,34D,35D. The number of fused-ring (bicyclic) bond motifs is 1. The molecule has 0 aliphatic rings. The molecule has 0 saturated heterocycles. The van der Waals surface area contributed by atoms with E-state index in [1.54, 1.807) is 4.90 Å². The first-order chi connectivity index (χ1) is 34.6. The van der Waals surface area contributed by atoms with Gasteiger partial charge in [-0.05, 0) is 126 Å². The van der Waals surface area contributed by atoms with Gasteiger partial charge < -0.3 is 4.90 Å². The molecule has 0 amide bonds. The summed E-state index contributed by atoms with van der Waals surface area (Å²) in [6, 6.07) is 47.1. The van der Waals surface area contributed by atoms with Gasteiger partial charge in [0.2, 0.25) is 0 Å². The number of benzene rings is 10. The molecule has 278 valence electrons. The Labute approximate surface area is 365 Å². The van der Waals surface area contributed by atoms with E-state index in [1.165, 1.54) is 0 Å². The summed E-state index contributed by atoms with van der Waals surface area (Å²) in [5.41, 5.74) is 6.71. The second kappa shape index (κ2) is 16.0. The van der Waals surface area contributed by atoms with E-state index >= 15 is 0 Å². The van der Waals surface area contributed by atoms with Gasteiger partial charge in [-0.15, -0.1) is 0 Å². The average Bonchev–Trinajstić information content (AvgIpc) is 3.42. The molecule has 10 aromatic rings. The third kappa shape index (κ3) is 7.58. The second-order valence-corrected chi connectivity index (χ2v) is 14.0. The molecule has 0 spiro atoms. The number of hydrogen-bond donors (Lipinski definition) is 0. The highest BCUT2D eigenvalue weighted by atomic mass is 15.1. The van der Waals surface area contributed by atoms with Crippen LogP contribution >= 0.6 is 0 Å².